The summed E-state index contributed by atoms with van der Waals surface area (Å²) in [4.78, 5) is 4.09. The van der Waals surface area contributed by atoms with E-state index in [9.17, 15) is 0 Å². The van der Waals surface area contributed by atoms with Crippen LogP contribution >= 0.6 is 11.3 Å². The standard InChI is InChI=1S/C11H20N2O4S/c1-14-2-3-15-4-5-16-6-7-17-8-10-9-18-11(12)13-10/h9H,2-8H2,1H3,(H2,12,13). The number of methoxy groups -OCH3 is 1. The number of rotatable bonds is 11. The van der Waals surface area contributed by atoms with Crippen LogP contribution in [0.1, 0.15) is 5.69 Å². The Hall–Kier alpha value is -0.730. The van der Waals surface area contributed by atoms with E-state index in [1.165, 1.54) is 11.3 Å². The monoisotopic (exact) mass is 276 g/mol. The molecule has 0 amide bonds. The molecule has 1 aromatic heterocycles. The maximum atomic E-state index is 5.50. The Bertz CT molecular complexity index is 309. The fraction of sp³-hybridized carbons (Fsp3) is 0.727. The van der Waals surface area contributed by atoms with Gasteiger partial charge in [-0.15, -0.1) is 11.3 Å². The smallest absolute Gasteiger partial charge is 0.180 e. The van der Waals surface area contributed by atoms with E-state index in [-0.39, 0.29) is 0 Å². The highest BCUT2D eigenvalue weighted by Crippen LogP contribution is 2.11. The zero-order valence-corrected chi connectivity index (χ0v) is 11.4. The summed E-state index contributed by atoms with van der Waals surface area (Å²) in [6.07, 6.45) is 0. The van der Waals surface area contributed by atoms with Crippen molar-refractivity contribution in [2.45, 2.75) is 6.61 Å². The molecule has 0 unspecified atom stereocenters. The first kappa shape index (κ1) is 15.3. The third-order valence-electron chi connectivity index (χ3n) is 2.00. The first-order chi connectivity index (χ1) is 8.83. The molecule has 0 bridgehead atoms. The highest BCUT2D eigenvalue weighted by atomic mass is 32.1. The fourth-order valence-corrected chi connectivity index (χ4v) is 1.70. The minimum Gasteiger partial charge on any atom is -0.382 e. The van der Waals surface area contributed by atoms with Crippen LogP contribution in [-0.2, 0) is 25.6 Å². The number of hydrogen-bond acceptors (Lipinski definition) is 7. The van der Waals surface area contributed by atoms with Gasteiger partial charge in [-0.1, -0.05) is 0 Å². The molecule has 0 aliphatic heterocycles. The van der Waals surface area contributed by atoms with Gasteiger partial charge in [0, 0.05) is 12.5 Å². The summed E-state index contributed by atoms with van der Waals surface area (Å²) in [6, 6.07) is 0. The molecule has 0 aromatic carbocycles. The van der Waals surface area contributed by atoms with Crippen LogP contribution in [0.2, 0.25) is 0 Å². The Morgan fingerprint density at radius 3 is 2.22 bits per heavy atom. The van der Waals surface area contributed by atoms with Crippen LogP contribution in [0.15, 0.2) is 5.38 Å². The van der Waals surface area contributed by atoms with Gasteiger partial charge in [-0.3, -0.25) is 0 Å². The van der Waals surface area contributed by atoms with Crippen molar-refractivity contribution in [3.8, 4) is 0 Å². The van der Waals surface area contributed by atoms with Crippen LogP contribution < -0.4 is 5.73 Å². The molecule has 104 valence electrons. The lowest BCUT2D eigenvalue weighted by Gasteiger charge is -2.05. The number of nitrogens with zero attached hydrogens (tertiary/aromatic N) is 1. The van der Waals surface area contributed by atoms with E-state index < -0.39 is 0 Å². The Morgan fingerprint density at radius 2 is 1.67 bits per heavy atom. The van der Waals surface area contributed by atoms with Crippen LogP contribution in [-0.4, -0.2) is 51.7 Å². The third kappa shape index (κ3) is 7.57. The van der Waals surface area contributed by atoms with Crippen LogP contribution in [0, 0.1) is 0 Å². The number of aromatic nitrogens is 1. The molecular formula is C11H20N2O4S. The minimum absolute atomic E-state index is 0.474. The molecule has 1 rings (SSSR count). The quantitative estimate of drug-likeness (QED) is 0.606. The van der Waals surface area contributed by atoms with E-state index in [0.717, 1.165) is 5.69 Å². The van der Waals surface area contributed by atoms with Crippen molar-refractivity contribution in [2.75, 3.05) is 52.5 Å². The van der Waals surface area contributed by atoms with Gasteiger partial charge in [0.1, 0.15) is 0 Å². The first-order valence-corrected chi connectivity index (χ1v) is 6.63. The molecule has 0 fully saturated rings. The zero-order chi connectivity index (χ0) is 13.1. The summed E-state index contributed by atoms with van der Waals surface area (Å²) in [5, 5.41) is 2.46. The second-order valence-electron chi connectivity index (χ2n) is 3.45. The number of anilines is 1. The highest BCUT2D eigenvalue weighted by Gasteiger charge is 1.98. The zero-order valence-electron chi connectivity index (χ0n) is 10.6. The van der Waals surface area contributed by atoms with Crippen LogP contribution in [0.5, 0.6) is 0 Å². The van der Waals surface area contributed by atoms with Crippen molar-refractivity contribution in [2.24, 2.45) is 0 Å². The van der Waals surface area contributed by atoms with E-state index in [1.54, 1.807) is 7.11 Å². The van der Waals surface area contributed by atoms with Gasteiger partial charge >= 0.3 is 0 Å². The Labute approximate surface area is 111 Å². The average Bonchev–Trinajstić information content (AvgIpc) is 2.77. The van der Waals surface area contributed by atoms with Gasteiger partial charge < -0.3 is 24.7 Å². The van der Waals surface area contributed by atoms with E-state index in [4.69, 9.17) is 24.7 Å². The van der Waals surface area contributed by atoms with Crippen LogP contribution in [0.4, 0.5) is 5.13 Å². The molecule has 0 aliphatic carbocycles. The van der Waals surface area contributed by atoms with Crippen molar-refractivity contribution in [1.82, 2.24) is 4.98 Å². The molecule has 1 aromatic rings. The van der Waals surface area contributed by atoms with Gasteiger partial charge in [0.25, 0.3) is 0 Å². The van der Waals surface area contributed by atoms with Crippen LogP contribution in [0.3, 0.4) is 0 Å². The van der Waals surface area contributed by atoms with Gasteiger partial charge in [-0.05, 0) is 0 Å². The number of hydrogen-bond donors (Lipinski definition) is 1. The highest BCUT2D eigenvalue weighted by molar-refractivity contribution is 7.13. The normalized spacial score (nSPS) is 10.9. The maximum Gasteiger partial charge on any atom is 0.180 e. The van der Waals surface area contributed by atoms with Crippen molar-refractivity contribution in [3.05, 3.63) is 11.1 Å². The molecule has 0 aliphatic rings. The number of nitrogens with two attached hydrogens (primary N) is 1. The molecule has 18 heavy (non-hydrogen) atoms. The lowest BCUT2D eigenvalue weighted by atomic mass is 10.5. The van der Waals surface area contributed by atoms with E-state index in [1.807, 2.05) is 5.38 Å². The van der Waals surface area contributed by atoms with Crippen molar-refractivity contribution in [3.63, 3.8) is 0 Å². The summed E-state index contributed by atoms with van der Waals surface area (Å²) in [7, 11) is 1.65. The molecule has 0 radical (unpaired) electrons. The van der Waals surface area contributed by atoms with Gasteiger partial charge in [-0.2, -0.15) is 0 Å². The molecule has 7 heteroatoms. The molecule has 6 nitrogen and oxygen atoms in total. The molecule has 0 saturated carbocycles. The van der Waals surface area contributed by atoms with Gasteiger partial charge in [0.05, 0.1) is 51.9 Å². The molecule has 0 saturated heterocycles. The molecule has 0 spiro atoms. The molecule has 2 N–H and O–H groups in total. The summed E-state index contributed by atoms with van der Waals surface area (Å²) in [5.41, 5.74) is 6.36. The van der Waals surface area contributed by atoms with E-state index in [2.05, 4.69) is 4.98 Å². The second kappa shape index (κ2) is 10.2. The summed E-state index contributed by atoms with van der Waals surface area (Å²) in [5.74, 6) is 0. The predicted octanol–water partition coefficient (Wildman–Crippen LogP) is 0.921. The van der Waals surface area contributed by atoms with Gasteiger partial charge in [-0.25, -0.2) is 4.98 Å². The number of nitrogen functional groups attached to an aromatic ring is 1. The van der Waals surface area contributed by atoms with Crippen molar-refractivity contribution < 1.29 is 18.9 Å². The Morgan fingerprint density at radius 1 is 1.06 bits per heavy atom. The molecular weight excluding hydrogens is 256 g/mol. The van der Waals surface area contributed by atoms with Crippen molar-refractivity contribution >= 4 is 16.5 Å². The second-order valence-corrected chi connectivity index (χ2v) is 4.34. The topological polar surface area (TPSA) is 75.8 Å². The minimum atomic E-state index is 0.474. The Kier molecular flexibility index (Phi) is 8.70. The summed E-state index contributed by atoms with van der Waals surface area (Å²) >= 11 is 1.41. The first-order valence-electron chi connectivity index (χ1n) is 5.75. The van der Waals surface area contributed by atoms with E-state index in [0.29, 0.717) is 51.4 Å². The largest absolute Gasteiger partial charge is 0.382 e. The third-order valence-corrected chi connectivity index (χ3v) is 2.72. The predicted molar refractivity (Wildman–Crippen MR) is 69.7 cm³/mol. The lowest BCUT2D eigenvalue weighted by Crippen LogP contribution is -2.11. The van der Waals surface area contributed by atoms with Crippen molar-refractivity contribution in [1.29, 1.82) is 0 Å². The fourth-order valence-electron chi connectivity index (χ4n) is 1.15. The maximum absolute atomic E-state index is 5.50. The summed E-state index contributed by atoms with van der Waals surface area (Å²) < 4.78 is 20.8. The van der Waals surface area contributed by atoms with E-state index >= 15 is 0 Å². The SMILES string of the molecule is COCCOCCOCCOCc1csc(N)n1. The van der Waals surface area contributed by atoms with Crippen LogP contribution in [0.25, 0.3) is 0 Å². The lowest BCUT2D eigenvalue weighted by molar-refractivity contribution is 0.000534. The Balaban J connectivity index is 1.81. The van der Waals surface area contributed by atoms with Gasteiger partial charge in [0.2, 0.25) is 0 Å². The number of ether oxygens (including phenoxy) is 4. The number of thiazole rings is 1. The average molecular weight is 276 g/mol. The molecule has 1 heterocycles. The van der Waals surface area contributed by atoms with Gasteiger partial charge in [0.15, 0.2) is 5.13 Å². The molecule has 0 atom stereocenters. The summed E-state index contributed by atoms with van der Waals surface area (Å²) in [6.45, 7) is 3.91.